The van der Waals surface area contributed by atoms with E-state index in [9.17, 15) is 22.8 Å². The van der Waals surface area contributed by atoms with E-state index in [2.05, 4.69) is 37.3 Å². The summed E-state index contributed by atoms with van der Waals surface area (Å²) >= 11 is 0. The highest BCUT2D eigenvalue weighted by molar-refractivity contribution is 6.15. The molecule has 1 aromatic rings. The zero-order chi connectivity index (χ0) is 25.7. The van der Waals surface area contributed by atoms with Crippen LogP contribution in [0.5, 0.6) is 0 Å². The van der Waals surface area contributed by atoms with Crippen LogP contribution in [0.3, 0.4) is 0 Å². The van der Waals surface area contributed by atoms with Crippen molar-refractivity contribution >= 4 is 11.8 Å². The molecular weight excluding hydrogens is 435 g/mol. The largest absolute Gasteiger partial charge is 0.462 e. The molecule has 180 valence electrons. The Hall–Kier alpha value is -3.18. The van der Waals surface area contributed by atoms with Crippen LogP contribution in [0.15, 0.2) is 60.7 Å². The van der Waals surface area contributed by atoms with E-state index in [1.165, 1.54) is 24.8 Å². The number of Topliss-reactive ketones (excluding diaryl/α,β-unsaturated/α-hetero) is 1. The minimum absolute atomic E-state index is 0.0284. The number of halogens is 3. The van der Waals surface area contributed by atoms with E-state index in [1.54, 1.807) is 0 Å². The van der Waals surface area contributed by atoms with Gasteiger partial charge in [0.2, 0.25) is 5.41 Å². The van der Waals surface area contributed by atoms with Gasteiger partial charge in [0, 0.05) is 12.7 Å². The molecule has 0 heterocycles. The molecule has 0 spiro atoms. The van der Waals surface area contributed by atoms with Gasteiger partial charge in [-0.2, -0.15) is 18.4 Å². The Morgan fingerprint density at radius 2 is 1.82 bits per heavy atom. The van der Waals surface area contributed by atoms with Crippen molar-refractivity contribution in [3.8, 4) is 6.07 Å². The molecule has 1 rings (SSSR count). The lowest BCUT2D eigenvalue weighted by atomic mass is 9.82. The van der Waals surface area contributed by atoms with Crippen LogP contribution in [0.2, 0.25) is 0 Å². The summed E-state index contributed by atoms with van der Waals surface area (Å²) in [5.74, 6) is -1.90. The molecule has 0 aliphatic carbocycles. The molecule has 0 bridgehead atoms. The fourth-order valence-electron chi connectivity index (χ4n) is 2.52. The van der Waals surface area contributed by atoms with E-state index in [0.717, 1.165) is 19.1 Å². The second-order valence-electron chi connectivity index (χ2n) is 7.30. The number of hydrogen-bond donors (Lipinski definition) is 0. The van der Waals surface area contributed by atoms with E-state index in [4.69, 9.17) is 10.00 Å². The Kier molecular flexibility index (Phi) is 12.7. The molecule has 0 fully saturated rings. The fourth-order valence-corrected chi connectivity index (χ4v) is 2.52. The third-order valence-corrected chi connectivity index (χ3v) is 4.42. The zero-order valence-electron chi connectivity index (χ0n) is 19.5. The number of esters is 1. The van der Waals surface area contributed by atoms with Gasteiger partial charge in [0.05, 0.1) is 18.2 Å². The number of rotatable bonds is 9. The molecule has 1 unspecified atom stereocenters. The van der Waals surface area contributed by atoms with Crippen LogP contribution in [-0.4, -0.2) is 32.1 Å². The van der Waals surface area contributed by atoms with Gasteiger partial charge in [-0.05, 0) is 31.4 Å². The number of nitrogens with zero attached hydrogens (tertiary/aromatic N) is 1. The highest BCUT2D eigenvalue weighted by Crippen LogP contribution is 2.35. The molecular formula is C25H30F3NO4. The van der Waals surface area contributed by atoms with Gasteiger partial charge in [-0.3, -0.25) is 4.79 Å². The summed E-state index contributed by atoms with van der Waals surface area (Å²) < 4.78 is 48.3. The number of ether oxygens (including phenoxy) is 2. The number of benzene rings is 1. The Morgan fingerprint density at radius 1 is 1.21 bits per heavy atom. The third-order valence-electron chi connectivity index (χ3n) is 4.42. The van der Waals surface area contributed by atoms with Crippen LogP contribution in [-0.2, 0) is 20.4 Å². The molecule has 0 saturated heterocycles. The van der Waals surface area contributed by atoms with E-state index < -0.39 is 34.5 Å². The lowest BCUT2D eigenvalue weighted by Crippen LogP contribution is -2.38. The summed E-state index contributed by atoms with van der Waals surface area (Å²) in [6, 6.07) is 5.41. The van der Waals surface area contributed by atoms with Crippen LogP contribution in [0.4, 0.5) is 13.2 Å². The van der Waals surface area contributed by atoms with Crippen molar-refractivity contribution in [3.05, 3.63) is 71.8 Å². The molecule has 0 amide bonds. The van der Waals surface area contributed by atoms with Gasteiger partial charge in [0.1, 0.15) is 6.61 Å². The average Bonchev–Trinajstić information content (AvgIpc) is 2.77. The quantitative estimate of drug-likeness (QED) is 0.148. The topological polar surface area (TPSA) is 76.4 Å². The Labute approximate surface area is 193 Å². The number of nitriles is 1. The van der Waals surface area contributed by atoms with Gasteiger partial charge in [-0.25, -0.2) is 4.79 Å². The first-order chi connectivity index (χ1) is 15.4. The standard InChI is InChI=1S/C15H14F3NO4.C10H16/c1-14(9-19,13(21)23-8-7-22-2)12(20)10-5-3-4-6-11(10)15(16,17)18;1-5-7-10(8-6-2)9(3)4/h3-6H,7-8H2,1-2H3;5-9H,1H2,2-4H3/b;8-6-,10-7+. The van der Waals surface area contributed by atoms with E-state index >= 15 is 0 Å². The van der Waals surface area contributed by atoms with Crippen LogP contribution < -0.4 is 0 Å². The molecule has 0 aromatic heterocycles. The summed E-state index contributed by atoms with van der Waals surface area (Å²) in [6.07, 6.45) is 3.25. The molecule has 8 heteroatoms. The maximum atomic E-state index is 13.0. The molecule has 0 aliphatic heterocycles. The predicted molar refractivity (Wildman–Crippen MR) is 120 cm³/mol. The normalized spacial score (nSPS) is 13.5. The first-order valence-corrected chi connectivity index (χ1v) is 10.1. The monoisotopic (exact) mass is 465 g/mol. The summed E-state index contributed by atoms with van der Waals surface area (Å²) in [6.45, 7) is 10.8. The van der Waals surface area contributed by atoms with Crippen molar-refractivity contribution in [2.24, 2.45) is 11.3 Å². The summed E-state index contributed by atoms with van der Waals surface area (Å²) in [5.41, 5.74) is -3.02. The lowest BCUT2D eigenvalue weighted by molar-refractivity contribution is -0.150. The fraction of sp³-hybridized carbons (Fsp3) is 0.400. The predicted octanol–water partition coefficient (Wildman–Crippen LogP) is 5.94. The number of alkyl halides is 3. The minimum Gasteiger partial charge on any atom is -0.462 e. The molecule has 5 nitrogen and oxygen atoms in total. The Morgan fingerprint density at radius 3 is 2.27 bits per heavy atom. The van der Waals surface area contributed by atoms with Crippen LogP contribution >= 0.6 is 0 Å². The number of allylic oxidation sites excluding steroid dienone is 5. The lowest BCUT2D eigenvalue weighted by Gasteiger charge is -2.20. The van der Waals surface area contributed by atoms with Crippen molar-refractivity contribution in [2.75, 3.05) is 20.3 Å². The van der Waals surface area contributed by atoms with Gasteiger partial charge in [0.15, 0.2) is 5.78 Å². The molecule has 0 radical (unpaired) electrons. The first-order valence-electron chi connectivity index (χ1n) is 10.1. The second kappa shape index (κ2) is 14.1. The first kappa shape index (κ1) is 29.8. The maximum absolute atomic E-state index is 13.0. The Bertz CT molecular complexity index is 911. The summed E-state index contributed by atoms with van der Waals surface area (Å²) in [7, 11) is 1.35. The van der Waals surface area contributed by atoms with Crippen LogP contribution in [0.25, 0.3) is 0 Å². The van der Waals surface area contributed by atoms with Gasteiger partial charge in [-0.1, -0.05) is 62.9 Å². The van der Waals surface area contributed by atoms with Crippen LogP contribution in [0.1, 0.15) is 43.6 Å². The van der Waals surface area contributed by atoms with Gasteiger partial charge in [-0.15, -0.1) is 0 Å². The summed E-state index contributed by atoms with van der Waals surface area (Å²) in [4.78, 5) is 24.3. The van der Waals surface area contributed by atoms with Gasteiger partial charge in [0.25, 0.3) is 0 Å². The van der Waals surface area contributed by atoms with Gasteiger partial charge >= 0.3 is 12.1 Å². The SMILES string of the molecule is C=C/C=C(\C=C/C)C(C)C.COCCOC(=O)C(C)(C#N)C(=O)c1ccccc1C(F)(F)F. The smallest absolute Gasteiger partial charge is 0.417 e. The van der Waals surface area contributed by atoms with Crippen molar-refractivity contribution in [1.29, 1.82) is 5.26 Å². The zero-order valence-corrected chi connectivity index (χ0v) is 19.5. The van der Waals surface area contributed by atoms with Crippen LogP contribution in [0, 0.1) is 22.7 Å². The number of carbonyl (C=O) groups is 2. The minimum atomic E-state index is -4.79. The van der Waals surface area contributed by atoms with E-state index in [0.29, 0.717) is 12.0 Å². The van der Waals surface area contributed by atoms with Crippen molar-refractivity contribution in [2.45, 2.75) is 33.9 Å². The molecule has 0 saturated carbocycles. The number of methoxy groups -OCH3 is 1. The van der Waals surface area contributed by atoms with Crippen molar-refractivity contribution < 1.29 is 32.2 Å². The molecule has 0 aliphatic rings. The third kappa shape index (κ3) is 9.07. The molecule has 0 N–H and O–H groups in total. The molecule has 33 heavy (non-hydrogen) atoms. The molecule has 1 atom stereocenters. The van der Waals surface area contributed by atoms with E-state index in [-0.39, 0.29) is 13.2 Å². The second-order valence-corrected chi connectivity index (χ2v) is 7.30. The number of ketones is 1. The molecule has 1 aromatic carbocycles. The average molecular weight is 466 g/mol. The van der Waals surface area contributed by atoms with Crippen molar-refractivity contribution in [1.82, 2.24) is 0 Å². The maximum Gasteiger partial charge on any atom is 0.417 e. The van der Waals surface area contributed by atoms with Gasteiger partial charge < -0.3 is 9.47 Å². The highest BCUT2D eigenvalue weighted by atomic mass is 19.4. The number of carbonyl (C=O) groups excluding carboxylic acids is 2. The summed E-state index contributed by atoms with van der Waals surface area (Å²) in [5, 5.41) is 9.15. The highest BCUT2D eigenvalue weighted by Gasteiger charge is 2.47. The van der Waals surface area contributed by atoms with Crippen molar-refractivity contribution in [3.63, 3.8) is 0 Å². The van der Waals surface area contributed by atoms with E-state index in [1.807, 2.05) is 19.1 Å². The Balaban J connectivity index is 0.000000861. The number of hydrogen-bond acceptors (Lipinski definition) is 5.